The van der Waals surface area contributed by atoms with Gasteiger partial charge in [0.15, 0.2) is 0 Å². The first-order chi connectivity index (χ1) is 9.10. The minimum atomic E-state index is -0.524. The van der Waals surface area contributed by atoms with Crippen LogP contribution < -0.4 is 10.5 Å². The van der Waals surface area contributed by atoms with Gasteiger partial charge in [0.2, 0.25) is 0 Å². The van der Waals surface area contributed by atoms with Crippen LogP contribution in [0.1, 0.15) is 31.2 Å². The Kier molecular flexibility index (Phi) is 3.97. The highest BCUT2D eigenvalue weighted by atomic mass is 16.6. The molecule has 0 atom stereocenters. The number of ether oxygens (including phenoxy) is 1. The van der Waals surface area contributed by atoms with E-state index >= 15 is 0 Å². The van der Waals surface area contributed by atoms with Crippen LogP contribution in [0.25, 0.3) is 0 Å². The first kappa shape index (κ1) is 13.3. The molecule has 0 saturated heterocycles. The SMILES string of the molecule is N#Cc1cc([N+](=O)[O-])ccc1OC1CCC(N)CC1. The molecular formula is C13H15N3O3. The van der Waals surface area contributed by atoms with E-state index in [0.29, 0.717) is 5.75 Å². The third kappa shape index (κ3) is 3.20. The molecule has 6 nitrogen and oxygen atoms in total. The first-order valence-corrected chi connectivity index (χ1v) is 6.21. The highest BCUT2D eigenvalue weighted by Crippen LogP contribution is 2.28. The number of non-ortho nitro benzene ring substituents is 1. The number of nitro benzene ring substituents is 1. The van der Waals surface area contributed by atoms with E-state index in [-0.39, 0.29) is 23.4 Å². The van der Waals surface area contributed by atoms with Gasteiger partial charge in [-0.3, -0.25) is 10.1 Å². The summed E-state index contributed by atoms with van der Waals surface area (Å²) < 4.78 is 5.76. The largest absolute Gasteiger partial charge is 0.489 e. The van der Waals surface area contributed by atoms with Crippen LogP contribution in [0.15, 0.2) is 18.2 Å². The molecule has 0 spiro atoms. The molecule has 2 rings (SSSR count). The van der Waals surface area contributed by atoms with Gasteiger partial charge in [0.25, 0.3) is 5.69 Å². The number of rotatable bonds is 3. The maximum atomic E-state index is 10.6. The zero-order valence-corrected chi connectivity index (χ0v) is 10.4. The Morgan fingerprint density at radius 3 is 2.63 bits per heavy atom. The number of nitrogens with two attached hydrogens (primary N) is 1. The van der Waals surface area contributed by atoms with E-state index in [1.165, 1.54) is 18.2 Å². The monoisotopic (exact) mass is 261 g/mol. The Labute approximate surface area is 110 Å². The Hall–Kier alpha value is -2.13. The number of nitro groups is 1. The minimum absolute atomic E-state index is 0.0355. The molecule has 100 valence electrons. The van der Waals surface area contributed by atoms with Crippen LogP contribution in [0.3, 0.4) is 0 Å². The Morgan fingerprint density at radius 1 is 1.37 bits per heavy atom. The molecule has 1 saturated carbocycles. The van der Waals surface area contributed by atoms with Gasteiger partial charge in [0.1, 0.15) is 17.4 Å². The Morgan fingerprint density at radius 2 is 2.05 bits per heavy atom. The fourth-order valence-corrected chi connectivity index (χ4v) is 2.21. The molecule has 2 N–H and O–H groups in total. The number of nitrogens with zero attached hydrogens (tertiary/aromatic N) is 2. The third-order valence-electron chi connectivity index (χ3n) is 3.31. The normalized spacial score (nSPS) is 22.5. The van der Waals surface area contributed by atoms with Crippen molar-refractivity contribution in [1.82, 2.24) is 0 Å². The van der Waals surface area contributed by atoms with Crippen molar-refractivity contribution < 1.29 is 9.66 Å². The lowest BCUT2D eigenvalue weighted by atomic mass is 9.93. The lowest BCUT2D eigenvalue weighted by Crippen LogP contribution is -2.31. The topological polar surface area (TPSA) is 102 Å². The van der Waals surface area contributed by atoms with Crippen molar-refractivity contribution >= 4 is 5.69 Å². The molecule has 1 aliphatic rings. The molecule has 6 heteroatoms. The van der Waals surface area contributed by atoms with Crippen molar-refractivity contribution in [2.24, 2.45) is 5.73 Å². The van der Waals surface area contributed by atoms with Gasteiger partial charge in [0, 0.05) is 18.2 Å². The van der Waals surface area contributed by atoms with Crippen LogP contribution in [0.2, 0.25) is 0 Å². The molecule has 1 aromatic rings. The molecule has 0 heterocycles. The van der Waals surface area contributed by atoms with Gasteiger partial charge in [-0.05, 0) is 31.7 Å². The predicted molar refractivity (Wildman–Crippen MR) is 68.7 cm³/mol. The number of hydrogen-bond acceptors (Lipinski definition) is 5. The average molecular weight is 261 g/mol. The second kappa shape index (κ2) is 5.67. The second-order valence-corrected chi connectivity index (χ2v) is 4.70. The molecule has 1 aliphatic carbocycles. The maximum absolute atomic E-state index is 10.6. The molecule has 0 unspecified atom stereocenters. The van der Waals surface area contributed by atoms with Gasteiger partial charge in [-0.25, -0.2) is 0 Å². The van der Waals surface area contributed by atoms with Gasteiger partial charge < -0.3 is 10.5 Å². The Bertz CT molecular complexity index is 516. The summed E-state index contributed by atoms with van der Waals surface area (Å²) in [4.78, 5) is 10.1. The van der Waals surface area contributed by atoms with Crippen LogP contribution in [-0.4, -0.2) is 17.1 Å². The summed E-state index contributed by atoms with van der Waals surface area (Å²) in [5, 5.41) is 19.7. The molecule has 1 fully saturated rings. The fraction of sp³-hybridized carbons (Fsp3) is 0.462. The zero-order chi connectivity index (χ0) is 13.8. The van der Waals surface area contributed by atoms with Gasteiger partial charge in [-0.15, -0.1) is 0 Å². The van der Waals surface area contributed by atoms with Crippen molar-refractivity contribution in [3.05, 3.63) is 33.9 Å². The first-order valence-electron chi connectivity index (χ1n) is 6.21. The zero-order valence-electron chi connectivity index (χ0n) is 10.4. The number of benzene rings is 1. The van der Waals surface area contributed by atoms with E-state index < -0.39 is 4.92 Å². The molecule has 19 heavy (non-hydrogen) atoms. The quantitative estimate of drug-likeness (QED) is 0.663. The van der Waals surface area contributed by atoms with Crippen molar-refractivity contribution in [3.8, 4) is 11.8 Å². The van der Waals surface area contributed by atoms with Crippen LogP contribution >= 0.6 is 0 Å². The molecule has 0 radical (unpaired) electrons. The highest BCUT2D eigenvalue weighted by Gasteiger charge is 2.21. The summed E-state index contributed by atoms with van der Waals surface area (Å²) in [6, 6.07) is 6.25. The molecule has 0 aromatic heterocycles. The van der Waals surface area contributed by atoms with E-state index in [2.05, 4.69) is 0 Å². The van der Waals surface area contributed by atoms with Crippen LogP contribution in [0.4, 0.5) is 5.69 Å². The van der Waals surface area contributed by atoms with Gasteiger partial charge in [-0.1, -0.05) is 0 Å². The smallest absolute Gasteiger partial charge is 0.271 e. The maximum Gasteiger partial charge on any atom is 0.271 e. The van der Waals surface area contributed by atoms with Gasteiger partial charge >= 0.3 is 0 Å². The summed E-state index contributed by atoms with van der Waals surface area (Å²) in [5.74, 6) is 0.411. The predicted octanol–water partition coefficient (Wildman–Crippen LogP) is 2.12. The number of hydrogen-bond donors (Lipinski definition) is 1. The van der Waals surface area contributed by atoms with Gasteiger partial charge in [-0.2, -0.15) is 5.26 Å². The average Bonchev–Trinajstić information content (AvgIpc) is 2.41. The highest BCUT2D eigenvalue weighted by molar-refractivity contribution is 5.50. The third-order valence-corrected chi connectivity index (χ3v) is 3.31. The standard InChI is InChI=1S/C13H15N3O3/c14-8-9-7-11(16(17)18)3-6-13(9)19-12-4-1-10(15)2-5-12/h3,6-7,10,12H,1-2,4-5,15H2. The van der Waals surface area contributed by atoms with Crippen LogP contribution in [-0.2, 0) is 0 Å². The summed E-state index contributed by atoms with van der Waals surface area (Å²) in [6.45, 7) is 0. The van der Waals surface area contributed by atoms with Crippen molar-refractivity contribution in [1.29, 1.82) is 5.26 Å². The fourth-order valence-electron chi connectivity index (χ4n) is 2.21. The van der Waals surface area contributed by atoms with Crippen molar-refractivity contribution in [2.45, 2.75) is 37.8 Å². The van der Waals surface area contributed by atoms with Gasteiger partial charge in [0.05, 0.1) is 11.0 Å². The minimum Gasteiger partial charge on any atom is -0.489 e. The molecular weight excluding hydrogens is 246 g/mol. The summed E-state index contributed by atoms with van der Waals surface area (Å²) >= 11 is 0. The van der Waals surface area contributed by atoms with E-state index in [1.54, 1.807) is 0 Å². The molecule has 1 aromatic carbocycles. The van der Waals surface area contributed by atoms with E-state index in [1.807, 2.05) is 6.07 Å². The van der Waals surface area contributed by atoms with E-state index in [4.69, 9.17) is 15.7 Å². The lowest BCUT2D eigenvalue weighted by Gasteiger charge is -2.27. The van der Waals surface area contributed by atoms with Crippen LogP contribution in [0, 0.1) is 21.4 Å². The van der Waals surface area contributed by atoms with Crippen LogP contribution in [0.5, 0.6) is 5.75 Å². The van der Waals surface area contributed by atoms with E-state index in [0.717, 1.165) is 25.7 Å². The molecule has 0 amide bonds. The number of nitriles is 1. The Balaban J connectivity index is 2.12. The lowest BCUT2D eigenvalue weighted by molar-refractivity contribution is -0.384. The summed E-state index contributed by atoms with van der Waals surface area (Å²) in [6.07, 6.45) is 3.54. The van der Waals surface area contributed by atoms with E-state index in [9.17, 15) is 10.1 Å². The summed E-state index contributed by atoms with van der Waals surface area (Å²) in [7, 11) is 0. The second-order valence-electron chi connectivity index (χ2n) is 4.70. The van der Waals surface area contributed by atoms with Crippen molar-refractivity contribution in [3.63, 3.8) is 0 Å². The summed E-state index contributed by atoms with van der Waals surface area (Å²) in [5.41, 5.74) is 5.91. The molecule has 0 aliphatic heterocycles. The van der Waals surface area contributed by atoms with Crippen molar-refractivity contribution in [2.75, 3.05) is 0 Å². The molecule has 0 bridgehead atoms.